The quantitative estimate of drug-likeness (QED) is 0.351. The molecule has 0 aromatic heterocycles. The summed E-state index contributed by atoms with van der Waals surface area (Å²) >= 11 is 1.61. The molecule has 1 aliphatic carbocycles. The first-order chi connectivity index (χ1) is 17.9. The highest BCUT2D eigenvalue weighted by molar-refractivity contribution is 7.98. The summed E-state index contributed by atoms with van der Waals surface area (Å²) in [5, 5.41) is 6.12. The standard InChI is InChI=1S/C30H49N3O4S/c1-9-22(4)33(28(35)24(18-19-38-8)32-29(36)37-30(5,6)7)26(25-20(2)14-13-15-21(25)3)27(34)31-23-16-11-10-12-17-23/h13-15,22-24,26H,9-12,16-19H2,1-8H3,(H,31,34)(H,32,36). The lowest BCUT2D eigenvalue weighted by atomic mass is 9.91. The molecule has 38 heavy (non-hydrogen) atoms. The second kappa shape index (κ2) is 14.8. The van der Waals surface area contributed by atoms with Crippen LogP contribution >= 0.6 is 11.8 Å². The third kappa shape index (κ3) is 9.21. The number of hydrogen-bond acceptors (Lipinski definition) is 5. The van der Waals surface area contributed by atoms with E-state index < -0.39 is 23.8 Å². The maximum atomic E-state index is 14.4. The highest BCUT2D eigenvalue weighted by atomic mass is 32.2. The number of aryl methyl sites for hydroxylation is 2. The van der Waals surface area contributed by atoms with Crippen LogP contribution in [-0.4, -0.2) is 58.5 Å². The van der Waals surface area contributed by atoms with Gasteiger partial charge in [-0.05, 0) is 95.9 Å². The summed E-state index contributed by atoms with van der Waals surface area (Å²) in [5.41, 5.74) is 2.11. The number of rotatable bonds is 11. The van der Waals surface area contributed by atoms with Crippen LogP contribution in [0.3, 0.4) is 0 Å². The molecule has 7 nitrogen and oxygen atoms in total. The van der Waals surface area contributed by atoms with Crippen molar-refractivity contribution in [3.05, 3.63) is 34.9 Å². The van der Waals surface area contributed by atoms with Crippen molar-refractivity contribution in [1.82, 2.24) is 15.5 Å². The lowest BCUT2D eigenvalue weighted by Gasteiger charge is -2.40. The van der Waals surface area contributed by atoms with Crippen molar-refractivity contribution in [1.29, 1.82) is 0 Å². The van der Waals surface area contributed by atoms with Gasteiger partial charge >= 0.3 is 6.09 Å². The van der Waals surface area contributed by atoms with E-state index in [2.05, 4.69) is 10.6 Å². The number of hydrogen-bond donors (Lipinski definition) is 2. The van der Waals surface area contributed by atoms with Gasteiger partial charge in [-0.25, -0.2) is 4.79 Å². The van der Waals surface area contributed by atoms with E-state index in [4.69, 9.17) is 4.74 Å². The molecule has 1 saturated carbocycles. The number of carbonyl (C=O) groups is 3. The summed E-state index contributed by atoms with van der Waals surface area (Å²) in [7, 11) is 0. The van der Waals surface area contributed by atoms with Crippen molar-refractivity contribution < 1.29 is 19.1 Å². The molecule has 1 aliphatic rings. The average Bonchev–Trinajstić information content (AvgIpc) is 2.84. The molecule has 0 aliphatic heterocycles. The van der Waals surface area contributed by atoms with Crippen LogP contribution in [0.1, 0.15) is 102 Å². The monoisotopic (exact) mass is 547 g/mol. The second-order valence-electron chi connectivity index (χ2n) is 11.5. The molecule has 2 rings (SSSR count). The van der Waals surface area contributed by atoms with Crippen LogP contribution in [-0.2, 0) is 14.3 Å². The third-order valence-corrected chi connectivity index (χ3v) is 7.86. The fourth-order valence-corrected chi connectivity index (χ4v) is 5.57. The van der Waals surface area contributed by atoms with Gasteiger partial charge in [0.15, 0.2) is 0 Å². The van der Waals surface area contributed by atoms with E-state index in [0.717, 1.165) is 42.4 Å². The zero-order valence-corrected chi connectivity index (χ0v) is 25.5. The van der Waals surface area contributed by atoms with Crippen LogP contribution in [0.4, 0.5) is 4.79 Å². The minimum Gasteiger partial charge on any atom is -0.444 e. The molecular weight excluding hydrogens is 498 g/mol. The molecule has 3 unspecified atom stereocenters. The molecular formula is C30H49N3O4S. The van der Waals surface area contributed by atoms with Crippen LogP contribution in [0, 0.1) is 13.8 Å². The number of amides is 3. The van der Waals surface area contributed by atoms with Gasteiger partial charge in [-0.15, -0.1) is 0 Å². The Hall–Kier alpha value is -2.22. The van der Waals surface area contributed by atoms with Gasteiger partial charge < -0.3 is 20.3 Å². The Kier molecular flexibility index (Phi) is 12.5. The van der Waals surface area contributed by atoms with E-state index in [1.165, 1.54) is 6.42 Å². The number of nitrogens with one attached hydrogen (secondary N) is 2. The highest BCUT2D eigenvalue weighted by Gasteiger charge is 2.40. The topological polar surface area (TPSA) is 87.7 Å². The molecule has 2 N–H and O–H groups in total. The average molecular weight is 548 g/mol. The van der Waals surface area contributed by atoms with Gasteiger partial charge in [0.1, 0.15) is 17.7 Å². The molecule has 214 valence electrons. The molecule has 0 spiro atoms. The van der Waals surface area contributed by atoms with Crippen LogP contribution in [0.15, 0.2) is 18.2 Å². The molecule has 3 amide bonds. The number of ether oxygens (including phenoxy) is 1. The molecule has 1 aromatic carbocycles. The summed E-state index contributed by atoms with van der Waals surface area (Å²) in [6, 6.07) is 4.26. The molecule has 0 heterocycles. The van der Waals surface area contributed by atoms with Crippen molar-refractivity contribution in [2.45, 2.75) is 123 Å². The molecule has 0 bridgehead atoms. The highest BCUT2D eigenvalue weighted by Crippen LogP contribution is 2.32. The minimum atomic E-state index is -0.805. The first-order valence-corrected chi connectivity index (χ1v) is 15.5. The maximum absolute atomic E-state index is 14.4. The smallest absolute Gasteiger partial charge is 0.408 e. The predicted molar refractivity (Wildman–Crippen MR) is 156 cm³/mol. The Labute approximate surface area is 234 Å². The molecule has 3 atom stereocenters. The number of thioether (sulfide) groups is 1. The normalized spacial score (nSPS) is 16.7. The van der Waals surface area contributed by atoms with Gasteiger partial charge in [0.2, 0.25) is 11.8 Å². The zero-order chi connectivity index (χ0) is 28.5. The fourth-order valence-electron chi connectivity index (χ4n) is 5.10. The van der Waals surface area contributed by atoms with E-state index in [1.54, 1.807) is 37.4 Å². The van der Waals surface area contributed by atoms with Crippen molar-refractivity contribution >= 4 is 29.7 Å². The van der Waals surface area contributed by atoms with E-state index in [0.29, 0.717) is 18.6 Å². The Morgan fingerprint density at radius 2 is 1.71 bits per heavy atom. The van der Waals surface area contributed by atoms with Gasteiger partial charge in [0.25, 0.3) is 0 Å². The SMILES string of the molecule is CCC(C)N(C(=O)C(CCSC)NC(=O)OC(C)(C)C)C(C(=O)NC1CCCCC1)c1c(C)cccc1C. The number of alkyl carbamates (subject to hydrolysis) is 1. The van der Waals surface area contributed by atoms with Gasteiger partial charge in [-0.2, -0.15) is 11.8 Å². The summed E-state index contributed by atoms with van der Waals surface area (Å²) in [6.45, 7) is 13.4. The molecule has 1 aromatic rings. The largest absolute Gasteiger partial charge is 0.444 e. The summed E-state index contributed by atoms with van der Waals surface area (Å²) < 4.78 is 5.49. The Morgan fingerprint density at radius 3 is 2.24 bits per heavy atom. The predicted octanol–water partition coefficient (Wildman–Crippen LogP) is 6.07. The van der Waals surface area contributed by atoms with Gasteiger partial charge in [0, 0.05) is 12.1 Å². The third-order valence-electron chi connectivity index (χ3n) is 7.21. The minimum absolute atomic E-state index is 0.115. The Bertz CT molecular complexity index is 920. The summed E-state index contributed by atoms with van der Waals surface area (Å²) in [5.74, 6) is 0.276. The van der Waals surface area contributed by atoms with Crippen LogP contribution < -0.4 is 10.6 Å². The molecule has 0 radical (unpaired) electrons. The Morgan fingerprint density at radius 1 is 1.11 bits per heavy atom. The number of nitrogens with zero attached hydrogens (tertiary/aromatic N) is 1. The molecule has 1 fully saturated rings. The van der Waals surface area contributed by atoms with Crippen LogP contribution in [0.5, 0.6) is 0 Å². The van der Waals surface area contributed by atoms with Gasteiger partial charge in [-0.1, -0.05) is 44.4 Å². The first-order valence-electron chi connectivity index (χ1n) is 14.1. The van der Waals surface area contributed by atoms with E-state index in [1.807, 2.05) is 52.1 Å². The van der Waals surface area contributed by atoms with Crippen molar-refractivity contribution in [2.75, 3.05) is 12.0 Å². The second-order valence-corrected chi connectivity index (χ2v) is 12.5. The van der Waals surface area contributed by atoms with Gasteiger partial charge in [-0.3, -0.25) is 9.59 Å². The Balaban J connectivity index is 2.54. The zero-order valence-electron chi connectivity index (χ0n) is 24.7. The summed E-state index contributed by atoms with van der Waals surface area (Å²) in [6.07, 6.45) is 7.76. The van der Waals surface area contributed by atoms with Crippen LogP contribution in [0.2, 0.25) is 0 Å². The molecule has 8 heteroatoms. The van der Waals surface area contributed by atoms with Crippen LogP contribution in [0.25, 0.3) is 0 Å². The number of benzene rings is 1. The number of carbonyl (C=O) groups excluding carboxylic acids is 3. The maximum Gasteiger partial charge on any atom is 0.408 e. The first kappa shape index (κ1) is 32.0. The van der Waals surface area contributed by atoms with Gasteiger partial charge in [0.05, 0.1) is 0 Å². The van der Waals surface area contributed by atoms with Crippen molar-refractivity contribution in [3.8, 4) is 0 Å². The van der Waals surface area contributed by atoms with E-state index >= 15 is 0 Å². The van der Waals surface area contributed by atoms with Crippen molar-refractivity contribution in [2.24, 2.45) is 0 Å². The lowest BCUT2D eigenvalue weighted by molar-refractivity contribution is -0.145. The molecule has 0 saturated heterocycles. The fraction of sp³-hybridized carbons (Fsp3) is 0.700. The lowest BCUT2D eigenvalue weighted by Crippen LogP contribution is -2.56. The van der Waals surface area contributed by atoms with E-state index in [-0.39, 0.29) is 23.9 Å². The summed E-state index contributed by atoms with van der Waals surface area (Å²) in [4.78, 5) is 42.9. The van der Waals surface area contributed by atoms with E-state index in [9.17, 15) is 14.4 Å². The van der Waals surface area contributed by atoms with Crippen molar-refractivity contribution in [3.63, 3.8) is 0 Å².